The van der Waals surface area contributed by atoms with E-state index in [1.54, 1.807) is 0 Å². The molecule has 0 aromatic carbocycles. The fraction of sp³-hybridized carbons (Fsp3) is 1.00. The summed E-state index contributed by atoms with van der Waals surface area (Å²) in [5.74, 6) is 0. The van der Waals surface area contributed by atoms with Crippen molar-refractivity contribution < 1.29 is 29.4 Å². The fourth-order valence-corrected chi connectivity index (χ4v) is 0.436. The molecule has 6 nitrogen and oxygen atoms in total. The Kier molecular flexibility index (Phi) is 6.52. The largest absolute Gasteiger partial charge is 0.633 e. The Morgan fingerprint density at radius 2 is 1.18 bits per heavy atom. The first-order valence-corrected chi connectivity index (χ1v) is 3.08. The summed E-state index contributed by atoms with van der Waals surface area (Å²) < 4.78 is 8.58. The minimum absolute atomic E-state index is 0.0877. The average Bonchev–Trinajstić information content (AvgIpc) is 1.85. The molecule has 0 aliphatic heterocycles. The first kappa shape index (κ1) is 10.9. The summed E-state index contributed by atoms with van der Waals surface area (Å²) in [5.41, 5.74) is 0. The van der Waals surface area contributed by atoms with Gasteiger partial charge < -0.3 is 29.4 Å². The molecule has 11 heavy (non-hydrogen) atoms. The summed E-state index contributed by atoms with van der Waals surface area (Å²) >= 11 is 0. The van der Waals surface area contributed by atoms with Crippen LogP contribution < -0.4 is 0 Å². The smallest absolute Gasteiger partial charge is 0.402 e. The molecule has 4 N–H and O–H groups in total. The van der Waals surface area contributed by atoms with Crippen molar-refractivity contribution in [3.05, 3.63) is 0 Å². The van der Waals surface area contributed by atoms with E-state index in [0.29, 0.717) is 6.42 Å². The lowest BCUT2D eigenvalue weighted by Gasteiger charge is -2.02. The lowest BCUT2D eigenvalue weighted by atomic mass is 10.2. The van der Waals surface area contributed by atoms with Gasteiger partial charge in [0.15, 0.2) is 0 Å². The molecule has 0 saturated heterocycles. The van der Waals surface area contributed by atoms with Gasteiger partial charge in [-0.1, -0.05) is 0 Å². The Morgan fingerprint density at radius 1 is 0.818 bits per heavy atom. The molecule has 64 valence electrons. The van der Waals surface area contributed by atoms with Crippen LogP contribution in [0.4, 0.5) is 0 Å². The van der Waals surface area contributed by atoms with Crippen LogP contribution in [-0.2, 0) is 9.31 Å². The van der Waals surface area contributed by atoms with E-state index in [4.69, 9.17) is 20.1 Å². The quantitative estimate of drug-likeness (QED) is 0.252. The van der Waals surface area contributed by atoms with E-state index >= 15 is 0 Å². The first-order valence-electron chi connectivity index (χ1n) is 3.08. The highest BCUT2D eigenvalue weighted by molar-refractivity contribution is 6.32. The van der Waals surface area contributed by atoms with E-state index in [1.807, 2.05) is 0 Å². The third-order valence-corrected chi connectivity index (χ3v) is 0.823. The standard InChI is InChI=1S/C3H10B2O6/c6-4(7)10-2-1-3-11-5(8)9/h6-9H,1-3H2. The highest BCUT2D eigenvalue weighted by Crippen LogP contribution is 1.85. The Morgan fingerprint density at radius 3 is 1.45 bits per heavy atom. The Hall–Kier alpha value is -0.110. The van der Waals surface area contributed by atoms with Gasteiger partial charge in [0.25, 0.3) is 0 Å². The second-order valence-electron chi connectivity index (χ2n) is 1.75. The van der Waals surface area contributed by atoms with E-state index in [9.17, 15) is 0 Å². The molecule has 0 aromatic heterocycles. The topological polar surface area (TPSA) is 99.4 Å². The van der Waals surface area contributed by atoms with E-state index in [2.05, 4.69) is 9.31 Å². The molecule has 8 heteroatoms. The molecule has 0 atom stereocenters. The Balaban J connectivity index is 2.91. The molecule has 0 unspecified atom stereocenters. The van der Waals surface area contributed by atoms with E-state index in [0.717, 1.165) is 0 Å². The number of hydrogen-bond acceptors (Lipinski definition) is 6. The summed E-state index contributed by atoms with van der Waals surface area (Å²) in [6.07, 6.45) is 0.356. The zero-order chi connectivity index (χ0) is 8.69. The number of rotatable bonds is 6. The zero-order valence-electron chi connectivity index (χ0n) is 5.88. The van der Waals surface area contributed by atoms with Crippen molar-refractivity contribution in [1.29, 1.82) is 0 Å². The third-order valence-electron chi connectivity index (χ3n) is 0.823. The summed E-state index contributed by atoms with van der Waals surface area (Å²) in [6, 6.07) is 0. The maximum absolute atomic E-state index is 8.15. The van der Waals surface area contributed by atoms with Crippen LogP contribution in [0.2, 0.25) is 0 Å². The molecule has 0 bridgehead atoms. The van der Waals surface area contributed by atoms with Gasteiger partial charge in [0.2, 0.25) is 0 Å². The molecule has 0 spiro atoms. The van der Waals surface area contributed by atoms with Crippen molar-refractivity contribution in [2.45, 2.75) is 6.42 Å². The molecule has 0 aliphatic carbocycles. The molecule has 0 saturated carbocycles. The van der Waals surface area contributed by atoms with Crippen LogP contribution in [0.1, 0.15) is 6.42 Å². The van der Waals surface area contributed by atoms with Gasteiger partial charge in [-0.15, -0.1) is 0 Å². The van der Waals surface area contributed by atoms with Gasteiger partial charge in [0, 0.05) is 13.2 Å². The molecule has 0 amide bonds. The van der Waals surface area contributed by atoms with Crippen LogP contribution in [0.5, 0.6) is 0 Å². The second kappa shape index (κ2) is 6.59. The van der Waals surface area contributed by atoms with Crippen molar-refractivity contribution in [1.82, 2.24) is 0 Å². The molecule has 0 aliphatic rings. The first-order chi connectivity index (χ1) is 5.13. The third kappa shape index (κ3) is 9.89. The average molecular weight is 164 g/mol. The van der Waals surface area contributed by atoms with Gasteiger partial charge >= 0.3 is 14.6 Å². The second-order valence-corrected chi connectivity index (χ2v) is 1.75. The molecular weight excluding hydrogens is 154 g/mol. The van der Waals surface area contributed by atoms with Gasteiger partial charge in [-0.25, -0.2) is 0 Å². The van der Waals surface area contributed by atoms with Crippen molar-refractivity contribution in [2.75, 3.05) is 13.2 Å². The highest BCUT2D eigenvalue weighted by Gasteiger charge is 2.09. The van der Waals surface area contributed by atoms with Crippen LogP contribution >= 0.6 is 0 Å². The maximum atomic E-state index is 8.15. The van der Waals surface area contributed by atoms with Crippen molar-refractivity contribution in [3.63, 3.8) is 0 Å². The molecule has 0 radical (unpaired) electrons. The maximum Gasteiger partial charge on any atom is 0.633 e. The predicted molar refractivity (Wildman–Crippen MR) is 36.9 cm³/mol. The molecule has 0 heterocycles. The normalized spacial score (nSPS) is 9.82. The highest BCUT2D eigenvalue weighted by atomic mass is 16.6. The van der Waals surface area contributed by atoms with Gasteiger partial charge in [0.05, 0.1) is 0 Å². The van der Waals surface area contributed by atoms with Crippen LogP contribution in [0.25, 0.3) is 0 Å². The molecule has 0 aromatic rings. The van der Waals surface area contributed by atoms with E-state index in [1.165, 1.54) is 0 Å². The lowest BCUT2D eigenvalue weighted by Crippen LogP contribution is -2.21. The molecule has 0 rings (SSSR count). The van der Waals surface area contributed by atoms with Gasteiger partial charge in [-0.05, 0) is 6.42 Å². The predicted octanol–water partition coefficient (Wildman–Crippen LogP) is -2.65. The van der Waals surface area contributed by atoms with Crippen LogP contribution in [-0.4, -0.2) is 48.0 Å². The lowest BCUT2D eigenvalue weighted by molar-refractivity contribution is 0.146. The summed E-state index contributed by atoms with van der Waals surface area (Å²) in [4.78, 5) is 0. The monoisotopic (exact) mass is 164 g/mol. The summed E-state index contributed by atoms with van der Waals surface area (Å²) in [6.45, 7) is 0.175. The number of hydrogen-bond donors (Lipinski definition) is 4. The van der Waals surface area contributed by atoms with Gasteiger partial charge in [-0.3, -0.25) is 0 Å². The van der Waals surface area contributed by atoms with Crippen molar-refractivity contribution in [2.24, 2.45) is 0 Å². The van der Waals surface area contributed by atoms with Crippen LogP contribution in [0, 0.1) is 0 Å². The van der Waals surface area contributed by atoms with Gasteiger partial charge in [-0.2, -0.15) is 0 Å². The van der Waals surface area contributed by atoms with Crippen molar-refractivity contribution in [3.8, 4) is 0 Å². The fourth-order valence-electron chi connectivity index (χ4n) is 0.436. The summed E-state index contributed by atoms with van der Waals surface area (Å²) in [5, 5.41) is 32.6. The SMILES string of the molecule is OB(O)OCCCOB(O)O. The van der Waals surface area contributed by atoms with Gasteiger partial charge in [0.1, 0.15) is 0 Å². The zero-order valence-corrected chi connectivity index (χ0v) is 5.88. The minimum Gasteiger partial charge on any atom is -0.402 e. The molecule has 0 fully saturated rings. The van der Waals surface area contributed by atoms with E-state index < -0.39 is 14.6 Å². The van der Waals surface area contributed by atoms with Crippen molar-refractivity contribution >= 4 is 14.6 Å². The van der Waals surface area contributed by atoms with Crippen LogP contribution in [0.15, 0.2) is 0 Å². The Bertz CT molecular complexity index is 77.9. The van der Waals surface area contributed by atoms with Crippen LogP contribution in [0.3, 0.4) is 0 Å². The Labute approximate surface area is 64.7 Å². The molecular formula is C3H10B2O6. The summed E-state index contributed by atoms with van der Waals surface area (Å²) in [7, 11) is -3.57. The minimum atomic E-state index is -1.78. The van der Waals surface area contributed by atoms with E-state index in [-0.39, 0.29) is 13.2 Å².